The summed E-state index contributed by atoms with van der Waals surface area (Å²) in [6, 6.07) is 0. The number of esters is 4. The molecule has 0 rings (SSSR count). The van der Waals surface area contributed by atoms with E-state index in [9.17, 15) is 43.2 Å². The minimum Gasteiger partial charge on any atom is -0.462 e. The van der Waals surface area contributed by atoms with Gasteiger partial charge < -0.3 is 33.8 Å². The maximum Gasteiger partial charge on any atom is 0.472 e. The highest BCUT2D eigenvalue weighted by Crippen LogP contribution is 2.45. The normalized spacial score (nSPS) is 14.4. The maximum absolute atomic E-state index is 13.0. The number of ether oxygens (including phenoxy) is 4. The van der Waals surface area contributed by atoms with Gasteiger partial charge in [-0.25, -0.2) is 9.13 Å². The van der Waals surface area contributed by atoms with Gasteiger partial charge in [-0.3, -0.25) is 37.3 Å². The molecule has 0 fully saturated rings. The van der Waals surface area contributed by atoms with E-state index in [0.717, 1.165) is 109 Å². The monoisotopic (exact) mass is 1320 g/mol. The molecule has 0 aliphatic carbocycles. The van der Waals surface area contributed by atoms with E-state index < -0.39 is 97.5 Å². The van der Waals surface area contributed by atoms with Crippen molar-refractivity contribution in [2.75, 3.05) is 39.6 Å². The Bertz CT molecular complexity index is 1740. The summed E-state index contributed by atoms with van der Waals surface area (Å²) < 4.78 is 68.2. The van der Waals surface area contributed by atoms with Gasteiger partial charge in [-0.1, -0.05) is 317 Å². The van der Waals surface area contributed by atoms with E-state index in [4.69, 9.17) is 37.0 Å². The van der Waals surface area contributed by atoms with Crippen LogP contribution in [0.3, 0.4) is 0 Å². The van der Waals surface area contributed by atoms with Crippen LogP contribution in [-0.4, -0.2) is 96.7 Å². The fourth-order valence-electron chi connectivity index (χ4n) is 10.8. The van der Waals surface area contributed by atoms with Crippen molar-refractivity contribution in [1.29, 1.82) is 0 Å². The Labute approximate surface area is 549 Å². The van der Waals surface area contributed by atoms with Gasteiger partial charge in [0.1, 0.15) is 19.3 Å². The van der Waals surface area contributed by atoms with Crippen LogP contribution >= 0.6 is 15.6 Å². The average molecular weight is 1330 g/mol. The summed E-state index contributed by atoms with van der Waals surface area (Å²) in [6.07, 6.45) is 51.3. The van der Waals surface area contributed by atoms with E-state index in [-0.39, 0.29) is 25.7 Å². The van der Waals surface area contributed by atoms with Crippen molar-refractivity contribution >= 4 is 39.5 Å². The molecular weight excluding hydrogens is 1190 g/mol. The first kappa shape index (κ1) is 88.1. The van der Waals surface area contributed by atoms with E-state index >= 15 is 0 Å². The molecule has 0 aliphatic heterocycles. The molecule has 0 saturated heterocycles. The number of carbonyl (C=O) groups is 4. The molecule has 0 amide bonds. The van der Waals surface area contributed by atoms with Crippen LogP contribution in [0, 0.1) is 5.92 Å². The number of unbranched alkanes of at least 4 members (excludes halogenated alkanes) is 42. The van der Waals surface area contributed by atoms with Gasteiger partial charge in [0.2, 0.25) is 0 Å². The lowest BCUT2D eigenvalue weighted by atomic mass is 9.99. The van der Waals surface area contributed by atoms with E-state index in [1.54, 1.807) is 0 Å². The quantitative estimate of drug-likeness (QED) is 0.0222. The van der Waals surface area contributed by atoms with Crippen LogP contribution in [0.4, 0.5) is 0 Å². The molecule has 19 heteroatoms. The van der Waals surface area contributed by atoms with Gasteiger partial charge in [0.05, 0.1) is 26.4 Å². The summed E-state index contributed by atoms with van der Waals surface area (Å²) in [5, 5.41) is 10.6. The smallest absolute Gasteiger partial charge is 0.462 e. The van der Waals surface area contributed by atoms with Crippen molar-refractivity contribution in [1.82, 2.24) is 0 Å². The number of rotatable bonds is 71. The van der Waals surface area contributed by atoms with E-state index in [0.29, 0.717) is 25.7 Å². The summed E-state index contributed by atoms with van der Waals surface area (Å²) in [5.41, 5.74) is 0. The topological polar surface area (TPSA) is 237 Å². The van der Waals surface area contributed by atoms with Gasteiger partial charge in [-0.05, 0) is 31.6 Å². The van der Waals surface area contributed by atoms with E-state index in [1.165, 1.54) is 180 Å². The largest absolute Gasteiger partial charge is 0.472 e. The van der Waals surface area contributed by atoms with Gasteiger partial charge in [-0.2, -0.15) is 0 Å². The molecule has 0 aromatic carbocycles. The molecule has 0 aliphatic rings. The molecule has 3 N–H and O–H groups in total. The molecule has 0 aromatic heterocycles. The minimum absolute atomic E-state index is 0.107. The van der Waals surface area contributed by atoms with Crippen molar-refractivity contribution in [3.05, 3.63) is 0 Å². The Morgan fingerprint density at radius 3 is 0.789 bits per heavy atom. The zero-order valence-electron chi connectivity index (χ0n) is 58.3. The Morgan fingerprint density at radius 2 is 0.533 bits per heavy atom. The SMILES string of the molecule is CCCCCCCCCCCCCCCCCCCC(=O)O[C@H](COC(=O)CCCCCCCCCCCCC(C)CC)COP(=O)(O)OC[C@@H](O)COP(=O)(O)OC[C@@H](COC(=O)CCCCCCCCC)OC(=O)CCCCCCCCCCCCCC. The van der Waals surface area contributed by atoms with Crippen molar-refractivity contribution in [3.63, 3.8) is 0 Å². The highest BCUT2D eigenvalue weighted by molar-refractivity contribution is 7.47. The highest BCUT2D eigenvalue weighted by atomic mass is 31.2. The van der Waals surface area contributed by atoms with Crippen molar-refractivity contribution < 1.29 is 80.2 Å². The number of aliphatic hydroxyl groups is 1. The number of aliphatic hydroxyl groups excluding tert-OH is 1. The Morgan fingerprint density at radius 1 is 0.311 bits per heavy atom. The number of hydrogen-bond acceptors (Lipinski definition) is 15. The summed E-state index contributed by atoms with van der Waals surface area (Å²) in [4.78, 5) is 72.5. The first-order chi connectivity index (χ1) is 43.6. The summed E-state index contributed by atoms with van der Waals surface area (Å²) in [6.45, 7) is 7.25. The predicted octanol–water partition coefficient (Wildman–Crippen LogP) is 20.5. The van der Waals surface area contributed by atoms with Crippen LogP contribution in [0.1, 0.15) is 369 Å². The first-order valence-corrected chi connectivity index (χ1v) is 40.2. The van der Waals surface area contributed by atoms with E-state index in [2.05, 4.69) is 34.6 Å². The number of carbonyl (C=O) groups excluding carboxylic acids is 4. The zero-order chi connectivity index (χ0) is 66.3. The molecule has 0 spiro atoms. The number of phosphoric acid groups is 2. The molecule has 17 nitrogen and oxygen atoms in total. The highest BCUT2D eigenvalue weighted by Gasteiger charge is 2.30. The summed E-state index contributed by atoms with van der Waals surface area (Å²) >= 11 is 0. The number of hydrogen-bond donors (Lipinski definition) is 3. The van der Waals surface area contributed by atoms with Gasteiger partial charge in [0, 0.05) is 25.7 Å². The van der Waals surface area contributed by atoms with Crippen LogP contribution in [0.5, 0.6) is 0 Å². The zero-order valence-corrected chi connectivity index (χ0v) is 60.1. The van der Waals surface area contributed by atoms with Gasteiger partial charge in [0.25, 0.3) is 0 Å². The second kappa shape index (κ2) is 64.4. The van der Waals surface area contributed by atoms with Gasteiger partial charge >= 0.3 is 39.5 Å². The maximum atomic E-state index is 13.0. The molecule has 534 valence electrons. The second-order valence-corrected chi connectivity index (χ2v) is 28.8. The van der Waals surface area contributed by atoms with Crippen molar-refractivity contribution in [3.8, 4) is 0 Å². The van der Waals surface area contributed by atoms with Crippen molar-refractivity contribution in [2.24, 2.45) is 5.92 Å². The molecule has 0 bridgehead atoms. The second-order valence-electron chi connectivity index (χ2n) is 25.9. The lowest BCUT2D eigenvalue weighted by Crippen LogP contribution is -2.30. The van der Waals surface area contributed by atoms with Crippen LogP contribution in [-0.2, 0) is 65.4 Å². The Hall–Kier alpha value is -1.94. The molecule has 0 heterocycles. The average Bonchev–Trinajstić information content (AvgIpc) is 3.74. The third-order valence-electron chi connectivity index (χ3n) is 16.9. The lowest BCUT2D eigenvalue weighted by Gasteiger charge is -2.21. The van der Waals surface area contributed by atoms with Crippen LogP contribution < -0.4 is 0 Å². The molecule has 90 heavy (non-hydrogen) atoms. The lowest BCUT2D eigenvalue weighted by molar-refractivity contribution is -0.161. The predicted molar refractivity (Wildman–Crippen MR) is 363 cm³/mol. The molecule has 0 saturated carbocycles. The van der Waals surface area contributed by atoms with Crippen LogP contribution in [0.2, 0.25) is 0 Å². The Balaban J connectivity index is 5.20. The number of phosphoric ester groups is 2. The van der Waals surface area contributed by atoms with Crippen LogP contribution in [0.15, 0.2) is 0 Å². The van der Waals surface area contributed by atoms with E-state index in [1.807, 2.05) is 0 Å². The Kier molecular flexibility index (Phi) is 63.0. The molecule has 3 unspecified atom stereocenters. The molecule has 6 atom stereocenters. The minimum atomic E-state index is -4.95. The third-order valence-corrected chi connectivity index (χ3v) is 18.8. The van der Waals surface area contributed by atoms with Crippen LogP contribution in [0.25, 0.3) is 0 Å². The molecule has 0 aromatic rings. The third kappa shape index (κ3) is 63.5. The van der Waals surface area contributed by atoms with Gasteiger partial charge in [0.15, 0.2) is 12.2 Å². The fourth-order valence-corrected chi connectivity index (χ4v) is 12.4. The summed E-state index contributed by atoms with van der Waals surface area (Å²) in [5.74, 6) is -1.31. The first-order valence-electron chi connectivity index (χ1n) is 37.2. The summed E-state index contributed by atoms with van der Waals surface area (Å²) in [7, 11) is -9.90. The van der Waals surface area contributed by atoms with Gasteiger partial charge in [-0.15, -0.1) is 0 Å². The molecule has 0 radical (unpaired) electrons. The molecular formula is C71H138O17P2. The van der Waals surface area contributed by atoms with Crippen molar-refractivity contribution in [2.45, 2.75) is 387 Å². The standard InChI is InChI=1S/C71H138O17P2/c1-6-10-13-16-19-21-23-25-26-27-28-29-31-37-42-47-52-57-71(76)88-67(61-82-69(74)55-50-45-40-35-33-32-34-39-43-48-53-64(5)9-4)63-86-90(79,80)84-59-65(72)58-83-89(77,78)85-62-66(60-81-68(73)54-49-44-38-18-15-12-8-3)87-70(75)56-51-46-41-36-30-24-22-20-17-14-11-7-2/h64-67,72H,6-63H2,1-5H3,(H,77,78)(H,79,80)/t64?,65-,66+,67+/m0/s1. The fraction of sp³-hybridized carbons (Fsp3) is 0.944.